The molecule has 0 radical (unpaired) electrons. The molecule has 2 aliphatic rings. The lowest BCUT2D eigenvalue weighted by Crippen LogP contribution is -2.41. The Hall–Kier alpha value is -4.08. The Labute approximate surface area is 214 Å². The Bertz CT molecular complexity index is 1290. The minimum Gasteiger partial charge on any atom is -0.504 e. The van der Waals surface area contributed by atoms with E-state index in [9.17, 15) is 14.7 Å². The Morgan fingerprint density at radius 1 is 0.919 bits per heavy atom. The second-order valence-corrected chi connectivity index (χ2v) is 8.95. The van der Waals surface area contributed by atoms with E-state index in [4.69, 9.17) is 14.2 Å². The van der Waals surface area contributed by atoms with Gasteiger partial charge in [-0.15, -0.1) is 0 Å². The highest BCUT2D eigenvalue weighted by Gasteiger charge is 2.56. The Morgan fingerprint density at radius 2 is 1.59 bits per heavy atom. The van der Waals surface area contributed by atoms with Crippen molar-refractivity contribution in [2.75, 3.05) is 25.7 Å². The molecule has 0 bridgehead atoms. The maximum atomic E-state index is 13.8. The lowest BCUT2D eigenvalue weighted by Gasteiger charge is -2.31. The number of carbonyl (C=O) groups excluding carboxylic acids is 2. The lowest BCUT2D eigenvalue weighted by atomic mass is 9.83. The quantitative estimate of drug-likeness (QED) is 0.421. The van der Waals surface area contributed by atoms with Crippen LogP contribution < -0.4 is 25.2 Å². The largest absolute Gasteiger partial charge is 0.504 e. The van der Waals surface area contributed by atoms with Crippen molar-refractivity contribution in [3.8, 4) is 17.2 Å². The zero-order chi connectivity index (χ0) is 26.1. The number of rotatable bonds is 7. The summed E-state index contributed by atoms with van der Waals surface area (Å²) in [5, 5.41) is 10.2. The molecule has 5 rings (SSSR count). The SMILES string of the molecule is CCOC(=O)c1ccc(N2C(=O)C3NNC(c4ccc(OC)cc4)C3C2c2ccc(O)c(OC)c2)cc1. The summed E-state index contributed by atoms with van der Waals surface area (Å²) in [5.41, 5.74) is 9.40. The first kappa shape index (κ1) is 24.6. The van der Waals surface area contributed by atoms with Crippen LogP contribution in [-0.2, 0) is 9.53 Å². The van der Waals surface area contributed by atoms with Crippen LogP contribution in [0.4, 0.5) is 5.69 Å². The highest BCUT2D eigenvalue weighted by Crippen LogP contribution is 2.50. The van der Waals surface area contributed by atoms with E-state index in [-0.39, 0.29) is 30.2 Å². The second-order valence-electron chi connectivity index (χ2n) is 8.95. The van der Waals surface area contributed by atoms with Crippen molar-refractivity contribution < 1.29 is 28.9 Å². The van der Waals surface area contributed by atoms with Crippen molar-refractivity contribution in [1.29, 1.82) is 0 Å². The van der Waals surface area contributed by atoms with Crippen molar-refractivity contribution in [3.63, 3.8) is 0 Å². The van der Waals surface area contributed by atoms with Gasteiger partial charge >= 0.3 is 5.97 Å². The lowest BCUT2D eigenvalue weighted by molar-refractivity contribution is -0.119. The summed E-state index contributed by atoms with van der Waals surface area (Å²) in [6.45, 7) is 2.04. The molecule has 4 atom stereocenters. The third kappa shape index (κ3) is 4.36. The van der Waals surface area contributed by atoms with Gasteiger partial charge in [-0.3, -0.25) is 4.79 Å². The van der Waals surface area contributed by atoms with E-state index in [2.05, 4.69) is 10.9 Å². The number of aromatic hydroxyl groups is 1. The summed E-state index contributed by atoms with van der Waals surface area (Å²) >= 11 is 0. The fourth-order valence-corrected chi connectivity index (χ4v) is 5.24. The van der Waals surface area contributed by atoms with Crippen molar-refractivity contribution in [3.05, 3.63) is 83.4 Å². The molecule has 3 N–H and O–H groups in total. The molecule has 0 spiro atoms. The van der Waals surface area contributed by atoms with Gasteiger partial charge in [-0.1, -0.05) is 18.2 Å². The van der Waals surface area contributed by atoms with Crippen molar-refractivity contribution in [1.82, 2.24) is 10.9 Å². The van der Waals surface area contributed by atoms with Crippen LogP contribution in [0.15, 0.2) is 66.7 Å². The molecule has 2 heterocycles. The Morgan fingerprint density at radius 3 is 2.24 bits per heavy atom. The van der Waals surface area contributed by atoms with E-state index in [1.54, 1.807) is 55.3 Å². The number of phenolic OH excluding ortho intramolecular Hbond substituents is 1. The Balaban J connectivity index is 1.58. The number of anilines is 1. The normalized spacial score (nSPS) is 22.6. The molecule has 192 valence electrons. The van der Waals surface area contributed by atoms with E-state index in [0.29, 0.717) is 17.0 Å². The van der Waals surface area contributed by atoms with Crippen LogP contribution in [-0.4, -0.2) is 43.9 Å². The fourth-order valence-electron chi connectivity index (χ4n) is 5.24. The zero-order valence-corrected chi connectivity index (χ0v) is 20.8. The number of hydrogen-bond donors (Lipinski definition) is 3. The van der Waals surface area contributed by atoms with Gasteiger partial charge in [0.15, 0.2) is 11.5 Å². The van der Waals surface area contributed by atoms with Gasteiger partial charge in [0.05, 0.1) is 38.5 Å². The topological polar surface area (TPSA) is 109 Å². The monoisotopic (exact) mass is 503 g/mol. The summed E-state index contributed by atoms with van der Waals surface area (Å²) in [6.07, 6.45) is 0. The molecule has 4 unspecified atom stereocenters. The van der Waals surface area contributed by atoms with E-state index in [0.717, 1.165) is 16.9 Å². The molecule has 37 heavy (non-hydrogen) atoms. The van der Waals surface area contributed by atoms with Crippen LogP contribution in [0, 0.1) is 5.92 Å². The molecule has 1 amide bonds. The number of ether oxygens (including phenoxy) is 3. The first-order valence-corrected chi connectivity index (χ1v) is 12.1. The van der Waals surface area contributed by atoms with Crippen molar-refractivity contribution in [2.45, 2.75) is 25.0 Å². The fraction of sp³-hybridized carbons (Fsp3) is 0.286. The standard InChI is InChI=1S/C28H29N3O6/c1-4-37-28(34)17-5-10-19(11-6-17)31-26(18-9-14-21(32)22(15-18)36-3)23-24(29-30-25(23)27(31)33)16-7-12-20(35-2)13-8-16/h5-15,23-26,29-30,32H,4H2,1-3H3. The number of benzene rings is 3. The summed E-state index contributed by atoms with van der Waals surface area (Å²) in [7, 11) is 3.11. The molecule has 0 saturated carbocycles. The molecular formula is C28H29N3O6. The van der Waals surface area contributed by atoms with E-state index >= 15 is 0 Å². The number of nitrogens with one attached hydrogen (secondary N) is 2. The predicted octanol–water partition coefficient (Wildman–Crippen LogP) is 3.51. The third-order valence-electron chi connectivity index (χ3n) is 6.99. The summed E-state index contributed by atoms with van der Waals surface area (Å²) < 4.78 is 15.8. The minimum absolute atomic E-state index is 0.0202. The van der Waals surface area contributed by atoms with Gasteiger partial charge in [0, 0.05) is 11.6 Å². The highest BCUT2D eigenvalue weighted by molar-refractivity contribution is 6.02. The number of nitrogens with zero attached hydrogens (tertiary/aromatic N) is 1. The van der Waals surface area contributed by atoms with Crippen LogP contribution in [0.5, 0.6) is 17.2 Å². The maximum absolute atomic E-state index is 13.8. The summed E-state index contributed by atoms with van der Waals surface area (Å²) in [4.78, 5) is 27.7. The van der Waals surface area contributed by atoms with Gasteiger partial charge < -0.3 is 24.2 Å². The average Bonchev–Trinajstić information content (AvgIpc) is 3.48. The van der Waals surface area contributed by atoms with Gasteiger partial charge in [-0.2, -0.15) is 0 Å². The van der Waals surface area contributed by atoms with E-state index in [1.807, 2.05) is 30.3 Å². The smallest absolute Gasteiger partial charge is 0.338 e. The van der Waals surface area contributed by atoms with Crippen LogP contribution >= 0.6 is 0 Å². The van der Waals surface area contributed by atoms with E-state index < -0.39 is 18.1 Å². The number of methoxy groups -OCH3 is 2. The van der Waals surface area contributed by atoms with Crippen molar-refractivity contribution >= 4 is 17.6 Å². The number of phenols is 1. The molecule has 2 aliphatic heterocycles. The highest BCUT2D eigenvalue weighted by atomic mass is 16.5. The first-order chi connectivity index (χ1) is 18.0. The number of amides is 1. The van der Waals surface area contributed by atoms with Crippen LogP contribution in [0.1, 0.15) is 40.5 Å². The molecule has 3 aromatic rings. The Kier molecular flexibility index (Phi) is 6.73. The van der Waals surface area contributed by atoms with Gasteiger partial charge in [0.25, 0.3) is 0 Å². The van der Waals surface area contributed by atoms with Gasteiger partial charge in [0.2, 0.25) is 5.91 Å². The molecule has 2 fully saturated rings. The third-order valence-corrected chi connectivity index (χ3v) is 6.99. The maximum Gasteiger partial charge on any atom is 0.338 e. The number of hydrogen-bond acceptors (Lipinski definition) is 8. The van der Waals surface area contributed by atoms with Gasteiger partial charge in [0.1, 0.15) is 11.8 Å². The number of hydrazine groups is 1. The molecule has 0 aromatic heterocycles. The molecule has 0 aliphatic carbocycles. The second kappa shape index (κ2) is 10.1. The van der Waals surface area contributed by atoms with Crippen LogP contribution in [0.3, 0.4) is 0 Å². The molecular weight excluding hydrogens is 474 g/mol. The predicted molar refractivity (Wildman–Crippen MR) is 137 cm³/mol. The van der Waals surface area contributed by atoms with E-state index in [1.165, 1.54) is 7.11 Å². The minimum atomic E-state index is -0.498. The van der Waals surface area contributed by atoms with Crippen molar-refractivity contribution in [2.24, 2.45) is 5.92 Å². The van der Waals surface area contributed by atoms with Gasteiger partial charge in [-0.05, 0) is 66.6 Å². The molecule has 9 nitrogen and oxygen atoms in total. The summed E-state index contributed by atoms with van der Waals surface area (Å²) in [5.74, 6) is 0.382. The van der Waals surface area contributed by atoms with Crippen LogP contribution in [0.25, 0.3) is 0 Å². The first-order valence-electron chi connectivity index (χ1n) is 12.1. The van der Waals surface area contributed by atoms with Crippen LogP contribution in [0.2, 0.25) is 0 Å². The molecule has 2 saturated heterocycles. The van der Waals surface area contributed by atoms with Gasteiger partial charge in [-0.25, -0.2) is 15.6 Å². The number of carbonyl (C=O) groups is 2. The number of fused-ring (bicyclic) bond motifs is 1. The average molecular weight is 504 g/mol. The molecule has 3 aromatic carbocycles. The number of esters is 1. The summed E-state index contributed by atoms with van der Waals surface area (Å²) in [6, 6.07) is 18.7. The molecule has 9 heteroatoms. The zero-order valence-electron chi connectivity index (χ0n) is 20.8.